The molecule has 2 aromatic rings. The van der Waals surface area contributed by atoms with Crippen LogP contribution in [0.1, 0.15) is 43.2 Å². The Bertz CT molecular complexity index is 926. The minimum atomic E-state index is -4.23. The molecule has 2 aromatic carbocycles. The van der Waals surface area contributed by atoms with E-state index in [2.05, 4.69) is 16.5 Å². The molecule has 1 fully saturated rings. The fourth-order valence-corrected chi connectivity index (χ4v) is 4.84. The molecule has 4 nitrogen and oxygen atoms in total. The van der Waals surface area contributed by atoms with Gasteiger partial charge >= 0.3 is 6.18 Å². The van der Waals surface area contributed by atoms with Crippen molar-refractivity contribution in [3.05, 3.63) is 59.7 Å². The molecular weight excluding hydrogens is 413 g/mol. The number of nitrogens with one attached hydrogen (secondary N) is 1. The van der Waals surface area contributed by atoms with Crippen molar-refractivity contribution in [3.63, 3.8) is 0 Å². The highest BCUT2D eigenvalue weighted by Gasteiger charge is 2.26. The Kier molecular flexibility index (Phi) is 7.08. The van der Waals surface area contributed by atoms with E-state index in [0.717, 1.165) is 32.5 Å². The smallest absolute Gasteiger partial charge is 0.303 e. The Labute approximate surface area is 176 Å². The van der Waals surface area contributed by atoms with Gasteiger partial charge in [-0.25, -0.2) is 8.42 Å². The Morgan fingerprint density at radius 1 is 1.07 bits per heavy atom. The number of nitrogens with zero attached hydrogens (tertiary/aromatic N) is 1. The molecule has 0 amide bonds. The molecule has 1 aliphatic rings. The van der Waals surface area contributed by atoms with Gasteiger partial charge in [0.2, 0.25) is 0 Å². The van der Waals surface area contributed by atoms with E-state index in [1.165, 1.54) is 29.8 Å². The van der Waals surface area contributed by atoms with E-state index in [4.69, 9.17) is 0 Å². The van der Waals surface area contributed by atoms with Gasteiger partial charge in [0.25, 0.3) is 10.0 Å². The van der Waals surface area contributed by atoms with E-state index in [1.54, 1.807) is 12.1 Å². The van der Waals surface area contributed by atoms with Crippen LogP contribution in [0.15, 0.2) is 53.4 Å². The maximum Gasteiger partial charge on any atom is 0.389 e. The molecule has 164 valence electrons. The number of rotatable bonds is 8. The first-order chi connectivity index (χ1) is 14.2. The lowest BCUT2D eigenvalue weighted by atomic mass is 9.98. The van der Waals surface area contributed by atoms with E-state index in [9.17, 15) is 21.6 Å². The van der Waals surface area contributed by atoms with E-state index in [0.29, 0.717) is 17.2 Å². The van der Waals surface area contributed by atoms with E-state index in [-0.39, 0.29) is 11.3 Å². The molecule has 8 heteroatoms. The van der Waals surface area contributed by atoms with Crippen molar-refractivity contribution < 1.29 is 21.6 Å². The predicted molar refractivity (Wildman–Crippen MR) is 112 cm³/mol. The largest absolute Gasteiger partial charge is 0.389 e. The average Bonchev–Trinajstić information content (AvgIpc) is 3.15. The number of hydrogen-bond donors (Lipinski definition) is 1. The fourth-order valence-electron chi connectivity index (χ4n) is 3.78. The van der Waals surface area contributed by atoms with E-state index >= 15 is 0 Å². The summed E-state index contributed by atoms with van der Waals surface area (Å²) in [5.74, 6) is 0.464. The van der Waals surface area contributed by atoms with Crippen LogP contribution in [0.2, 0.25) is 0 Å². The fraction of sp³-hybridized carbons (Fsp3) is 0.455. The molecule has 0 aliphatic carbocycles. The lowest BCUT2D eigenvalue weighted by Crippen LogP contribution is -2.20. The van der Waals surface area contributed by atoms with Crippen LogP contribution in [-0.2, 0) is 16.4 Å². The summed E-state index contributed by atoms with van der Waals surface area (Å²) >= 11 is 0. The van der Waals surface area contributed by atoms with Crippen LogP contribution < -0.4 is 4.72 Å². The topological polar surface area (TPSA) is 49.4 Å². The summed E-state index contributed by atoms with van der Waals surface area (Å²) in [7, 11) is -3.80. The zero-order chi connectivity index (χ0) is 21.8. The molecule has 0 spiro atoms. The second kappa shape index (κ2) is 9.39. The number of anilines is 1. The van der Waals surface area contributed by atoms with E-state index in [1.807, 2.05) is 12.1 Å². The van der Waals surface area contributed by atoms with Gasteiger partial charge in [0, 0.05) is 18.7 Å². The van der Waals surface area contributed by atoms with Crippen LogP contribution >= 0.6 is 0 Å². The first kappa shape index (κ1) is 22.6. The van der Waals surface area contributed by atoms with Crippen molar-refractivity contribution in [2.45, 2.75) is 49.6 Å². The average molecular weight is 441 g/mol. The van der Waals surface area contributed by atoms with Crippen LogP contribution in [0.3, 0.4) is 0 Å². The zero-order valence-electron chi connectivity index (χ0n) is 17.0. The van der Waals surface area contributed by atoms with Crippen LogP contribution in [0, 0.1) is 0 Å². The summed E-state index contributed by atoms with van der Waals surface area (Å²) in [5, 5.41) is 0. The van der Waals surface area contributed by atoms with Crippen LogP contribution in [-0.4, -0.2) is 39.1 Å². The first-order valence-corrected chi connectivity index (χ1v) is 11.7. The van der Waals surface area contributed by atoms with Gasteiger partial charge in [-0.05, 0) is 73.7 Å². The normalized spacial score (nSPS) is 17.9. The third-order valence-electron chi connectivity index (χ3n) is 5.38. The lowest BCUT2D eigenvalue weighted by molar-refractivity contribution is -0.134. The molecule has 1 N–H and O–H groups in total. The van der Waals surface area contributed by atoms with Gasteiger partial charge < -0.3 is 4.90 Å². The molecule has 1 unspecified atom stereocenters. The zero-order valence-corrected chi connectivity index (χ0v) is 17.8. The van der Waals surface area contributed by atoms with Gasteiger partial charge in [0.05, 0.1) is 4.90 Å². The minimum Gasteiger partial charge on any atom is -0.303 e. The molecule has 30 heavy (non-hydrogen) atoms. The Morgan fingerprint density at radius 2 is 1.73 bits per heavy atom. The number of aryl methyl sites for hydroxylation is 1. The summed E-state index contributed by atoms with van der Waals surface area (Å²) in [6.07, 6.45) is -3.09. The van der Waals surface area contributed by atoms with Crippen LogP contribution in [0.4, 0.5) is 18.9 Å². The monoisotopic (exact) mass is 440 g/mol. The van der Waals surface area contributed by atoms with Gasteiger partial charge in [-0.15, -0.1) is 0 Å². The molecule has 1 heterocycles. The standard InChI is InChI=1S/C22H27F3N2O2S/c1-2-14-27-15-12-19(16-27)18-5-7-20(8-6-18)26-30(28,29)21-9-3-17(4-10-21)11-13-22(23,24)25/h3-10,19,26H,2,11-16H2,1H3. The van der Waals surface area contributed by atoms with E-state index < -0.39 is 22.6 Å². The van der Waals surface area contributed by atoms with Gasteiger partial charge in [0.15, 0.2) is 0 Å². The molecule has 1 saturated heterocycles. The maximum atomic E-state index is 12.6. The molecule has 0 bridgehead atoms. The quantitative estimate of drug-likeness (QED) is 0.615. The Hall–Kier alpha value is -2.06. The second-order valence-electron chi connectivity index (χ2n) is 7.77. The molecule has 1 atom stereocenters. The lowest BCUT2D eigenvalue weighted by Gasteiger charge is -2.15. The molecule has 0 radical (unpaired) electrons. The predicted octanol–water partition coefficient (Wildman–Crippen LogP) is 5.18. The first-order valence-electron chi connectivity index (χ1n) is 10.2. The highest BCUT2D eigenvalue weighted by Crippen LogP contribution is 2.29. The molecule has 0 aromatic heterocycles. The molecule has 1 aliphatic heterocycles. The van der Waals surface area contributed by atoms with Crippen molar-refractivity contribution in [1.29, 1.82) is 0 Å². The third kappa shape index (κ3) is 6.22. The minimum absolute atomic E-state index is 0.0216. The van der Waals surface area contributed by atoms with Gasteiger partial charge in [0.1, 0.15) is 0 Å². The number of likely N-dealkylation sites (tertiary alicyclic amines) is 1. The molecular formula is C22H27F3N2O2S. The van der Waals surface area contributed by atoms with Crippen molar-refractivity contribution in [2.24, 2.45) is 0 Å². The summed E-state index contributed by atoms with van der Waals surface area (Å²) in [4.78, 5) is 2.47. The molecule has 3 rings (SSSR count). The second-order valence-corrected chi connectivity index (χ2v) is 9.46. The summed E-state index contributed by atoms with van der Waals surface area (Å²) in [5.41, 5.74) is 2.11. The van der Waals surface area contributed by atoms with Crippen molar-refractivity contribution in [1.82, 2.24) is 4.90 Å². The number of sulfonamides is 1. The highest BCUT2D eigenvalue weighted by atomic mass is 32.2. The molecule has 0 saturated carbocycles. The Balaban J connectivity index is 1.61. The number of hydrogen-bond acceptors (Lipinski definition) is 3. The van der Waals surface area contributed by atoms with Crippen molar-refractivity contribution in [3.8, 4) is 0 Å². The SMILES string of the molecule is CCCN1CCC(c2ccc(NS(=O)(=O)c3ccc(CCC(F)(F)F)cc3)cc2)C1. The maximum absolute atomic E-state index is 12.6. The third-order valence-corrected chi connectivity index (χ3v) is 6.77. The van der Waals surface area contributed by atoms with Crippen molar-refractivity contribution >= 4 is 15.7 Å². The van der Waals surface area contributed by atoms with Gasteiger partial charge in [-0.1, -0.05) is 31.2 Å². The highest BCUT2D eigenvalue weighted by molar-refractivity contribution is 7.92. The van der Waals surface area contributed by atoms with Gasteiger partial charge in [-0.3, -0.25) is 4.72 Å². The summed E-state index contributed by atoms with van der Waals surface area (Å²) in [6.45, 7) is 5.39. The Morgan fingerprint density at radius 3 is 2.33 bits per heavy atom. The number of halogens is 3. The van der Waals surface area contributed by atoms with Crippen LogP contribution in [0.5, 0.6) is 0 Å². The number of alkyl halides is 3. The van der Waals surface area contributed by atoms with Crippen LogP contribution in [0.25, 0.3) is 0 Å². The summed E-state index contributed by atoms with van der Waals surface area (Å²) in [6, 6.07) is 12.9. The van der Waals surface area contributed by atoms with Crippen molar-refractivity contribution in [2.75, 3.05) is 24.4 Å². The number of benzene rings is 2. The van der Waals surface area contributed by atoms with Gasteiger partial charge in [-0.2, -0.15) is 13.2 Å². The summed E-state index contributed by atoms with van der Waals surface area (Å²) < 4.78 is 64.7.